The Kier molecular flexibility index (Phi) is 7.06. The van der Waals surface area contributed by atoms with Crippen LogP contribution in [0.2, 0.25) is 0 Å². The molecule has 0 radical (unpaired) electrons. The fraction of sp³-hybridized carbons (Fsp3) is 0.474. The predicted molar refractivity (Wildman–Crippen MR) is 101 cm³/mol. The Morgan fingerprint density at radius 1 is 1.30 bits per heavy atom. The zero-order chi connectivity index (χ0) is 19.9. The van der Waals surface area contributed by atoms with Crippen molar-refractivity contribution in [2.75, 3.05) is 20.1 Å². The summed E-state index contributed by atoms with van der Waals surface area (Å²) in [5, 5.41) is 11.4. The van der Waals surface area contributed by atoms with Gasteiger partial charge in [0.25, 0.3) is 6.47 Å². The van der Waals surface area contributed by atoms with Gasteiger partial charge in [-0.2, -0.15) is 5.10 Å². The van der Waals surface area contributed by atoms with Crippen molar-refractivity contribution in [1.29, 1.82) is 0 Å². The molecule has 2 aromatic rings. The van der Waals surface area contributed by atoms with Crippen LogP contribution in [-0.2, 0) is 28.0 Å². The molecule has 1 aliphatic heterocycles. The van der Waals surface area contributed by atoms with Gasteiger partial charge < -0.3 is 15.7 Å². The normalized spacial score (nSPS) is 16.2. The third kappa shape index (κ3) is 4.71. The average molecular weight is 373 g/mol. The van der Waals surface area contributed by atoms with Crippen LogP contribution in [-0.4, -0.2) is 57.3 Å². The molecule has 1 amide bonds. The van der Waals surface area contributed by atoms with Gasteiger partial charge >= 0.3 is 0 Å². The fourth-order valence-electron chi connectivity index (χ4n) is 3.59. The summed E-state index contributed by atoms with van der Waals surface area (Å²) in [6.07, 6.45) is 2.06. The van der Waals surface area contributed by atoms with Gasteiger partial charge in [0.05, 0.1) is 11.8 Å². The minimum absolute atomic E-state index is 0.0881. The molecule has 0 atom stereocenters. The second-order valence-electron chi connectivity index (χ2n) is 6.67. The monoisotopic (exact) mass is 373 g/mol. The van der Waals surface area contributed by atoms with E-state index in [1.165, 1.54) is 5.56 Å². The Bertz CT molecular complexity index is 752. The van der Waals surface area contributed by atoms with E-state index in [1.54, 1.807) is 0 Å². The van der Waals surface area contributed by atoms with Crippen LogP contribution in [0, 0.1) is 0 Å². The number of amides is 1. The highest BCUT2D eigenvalue weighted by molar-refractivity contribution is 5.75. The third-order valence-electron chi connectivity index (χ3n) is 4.94. The Balaban J connectivity index is 0.000000817. The summed E-state index contributed by atoms with van der Waals surface area (Å²) in [5.74, 6) is 1.08. The lowest BCUT2D eigenvalue weighted by Gasteiger charge is -2.40. The van der Waals surface area contributed by atoms with Gasteiger partial charge in [0.15, 0.2) is 5.82 Å². The Hall–Kier alpha value is -2.74. The lowest BCUT2D eigenvalue weighted by atomic mass is 9.72. The van der Waals surface area contributed by atoms with Crippen LogP contribution in [0.5, 0.6) is 0 Å². The summed E-state index contributed by atoms with van der Waals surface area (Å²) in [5.41, 5.74) is 6.44. The number of aryl methyl sites for hydroxylation is 1. The quantitative estimate of drug-likeness (QED) is 0.757. The third-order valence-corrected chi connectivity index (χ3v) is 4.94. The molecule has 0 unspecified atom stereocenters. The van der Waals surface area contributed by atoms with Gasteiger partial charge in [-0.05, 0) is 45.5 Å². The molecule has 1 aromatic heterocycles. The van der Waals surface area contributed by atoms with E-state index in [-0.39, 0.29) is 18.3 Å². The minimum Gasteiger partial charge on any atom is -0.483 e. The summed E-state index contributed by atoms with van der Waals surface area (Å²) >= 11 is 0. The van der Waals surface area contributed by atoms with E-state index in [4.69, 9.17) is 20.6 Å². The lowest BCUT2D eigenvalue weighted by Crippen LogP contribution is -2.43. The number of hydrogen-bond acceptors (Lipinski definition) is 5. The maximum Gasteiger partial charge on any atom is 0.290 e. The number of carbonyl (C=O) groups is 2. The van der Waals surface area contributed by atoms with Crippen LogP contribution in [0.25, 0.3) is 0 Å². The molecule has 1 saturated heterocycles. The summed E-state index contributed by atoms with van der Waals surface area (Å²) < 4.78 is 1.94. The number of aromatic nitrogens is 3. The standard InChI is InChI=1S/C18H25N5O.CH2O2/c1-3-23-17(20-16(21-23)13-15(19)24)18(9-11-22(2)12-10-18)14-7-5-4-6-8-14;2-1-3/h4-8H,3,9-13H2,1-2H3,(H2,19,24);1H,(H,2,3). The SMILES string of the molecule is CCn1nc(CC(N)=O)nc1C1(c2ccccc2)CCN(C)CC1.O=CO. The molecule has 1 aromatic carbocycles. The van der Waals surface area contributed by atoms with Gasteiger partial charge in [-0.15, -0.1) is 0 Å². The van der Waals surface area contributed by atoms with Crippen LogP contribution < -0.4 is 5.73 Å². The first-order valence-electron chi connectivity index (χ1n) is 9.01. The molecule has 27 heavy (non-hydrogen) atoms. The molecular weight excluding hydrogens is 346 g/mol. The van der Waals surface area contributed by atoms with E-state index in [9.17, 15) is 4.79 Å². The number of carboxylic acid groups (broad SMARTS) is 1. The van der Waals surface area contributed by atoms with E-state index in [0.717, 1.165) is 38.3 Å². The van der Waals surface area contributed by atoms with E-state index >= 15 is 0 Å². The van der Waals surface area contributed by atoms with E-state index in [0.29, 0.717) is 5.82 Å². The van der Waals surface area contributed by atoms with Gasteiger partial charge in [-0.25, -0.2) is 9.67 Å². The van der Waals surface area contributed by atoms with Crippen molar-refractivity contribution in [3.63, 3.8) is 0 Å². The second-order valence-corrected chi connectivity index (χ2v) is 6.67. The molecule has 3 N–H and O–H groups in total. The molecule has 1 aliphatic rings. The van der Waals surface area contributed by atoms with Crippen molar-refractivity contribution < 1.29 is 14.7 Å². The maximum atomic E-state index is 11.3. The van der Waals surface area contributed by atoms with E-state index < -0.39 is 5.91 Å². The van der Waals surface area contributed by atoms with Crippen molar-refractivity contribution in [2.24, 2.45) is 5.73 Å². The number of primary amides is 1. The molecule has 8 heteroatoms. The van der Waals surface area contributed by atoms with Gasteiger partial charge in [-0.1, -0.05) is 30.3 Å². The number of hydrogen-bond donors (Lipinski definition) is 2. The summed E-state index contributed by atoms with van der Waals surface area (Å²) in [6.45, 7) is 4.55. The van der Waals surface area contributed by atoms with Crippen molar-refractivity contribution in [1.82, 2.24) is 19.7 Å². The molecule has 3 rings (SSSR count). The average Bonchev–Trinajstić information content (AvgIpc) is 3.06. The van der Waals surface area contributed by atoms with Crippen LogP contribution in [0.1, 0.15) is 37.0 Å². The van der Waals surface area contributed by atoms with Gasteiger partial charge in [0.2, 0.25) is 5.91 Å². The lowest BCUT2D eigenvalue weighted by molar-refractivity contribution is -0.123. The molecular formula is C19H27N5O3. The van der Waals surface area contributed by atoms with Crippen molar-refractivity contribution >= 4 is 12.4 Å². The fourth-order valence-corrected chi connectivity index (χ4v) is 3.59. The van der Waals surface area contributed by atoms with Crippen LogP contribution >= 0.6 is 0 Å². The van der Waals surface area contributed by atoms with Crippen LogP contribution in [0.4, 0.5) is 0 Å². The molecule has 0 saturated carbocycles. The molecule has 1 fully saturated rings. The number of nitrogens with two attached hydrogens (primary N) is 1. The highest BCUT2D eigenvalue weighted by Crippen LogP contribution is 2.40. The molecule has 0 aliphatic carbocycles. The Morgan fingerprint density at radius 2 is 1.89 bits per heavy atom. The molecule has 2 heterocycles. The van der Waals surface area contributed by atoms with E-state index in [2.05, 4.69) is 48.2 Å². The molecule has 146 valence electrons. The summed E-state index contributed by atoms with van der Waals surface area (Å²) in [6, 6.07) is 10.5. The number of likely N-dealkylation sites (tertiary alicyclic amines) is 1. The molecule has 0 spiro atoms. The van der Waals surface area contributed by atoms with Gasteiger partial charge in [0.1, 0.15) is 5.82 Å². The van der Waals surface area contributed by atoms with Crippen molar-refractivity contribution in [2.45, 2.75) is 38.1 Å². The first kappa shape index (κ1) is 20.6. The van der Waals surface area contributed by atoms with Crippen molar-refractivity contribution in [3.8, 4) is 0 Å². The number of carbonyl (C=O) groups excluding carboxylic acids is 1. The van der Waals surface area contributed by atoms with Crippen LogP contribution in [0.15, 0.2) is 30.3 Å². The molecule has 8 nitrogen and oxygen atoms in total. The number of nitrogens with zero attached hydrogens (tertiary/aromatic N) is 4. The molecule has 0 bridgehead atoms. The highest BCUT2D eigenvalue weighted by atomic mass is 16.3. The predicted octanol–water partition coefficient (Wildman–Crippen LogP) is 1.04. The summed E-state index contributed by atoms with van der Waals surface area (Å²) in [7, 11) is 2.15. The highest BCUT2D eigenvalue weighted by Gasteiger charge is 2.41. The van der Waals surface area contributed by atoms with Crippen LogP contribution in [0.3, 0.4) is 0 Å². The number of piperidine rings is 1. The van der Waals surface area contributed by atoms with E-state index in [1.807, 2.05) is 10.7 Å². The number of rotatable bonds is 5. The first-order chi connectivity index (χ1) is 13.0. The topological polar surface area (TPSA) is 114 Å². The van der Waals surface area contributed by atoms with Gasteiger partial charge in [-0.3, -0.25) is 9.59 Å². The first-order valence-corrected chi connectivity index (χ1v) is 9.01. The second kappa shape index (κ2) is 9.27. The smallest absolute Gasteiger partial charge is 0.290 e. The Labute approximate surface area is 159 Å². The minimum atomic E-state index is -0.396. The largest absolute Gasteiger partial charge is 0.483 e. The summed E-state index contributed by atoms with van der Waals surface area (Å²) in [4.78, 5) is 26.7. The zero-order valence-corrected chi connectivity index (χ0v) is 15.8. The number of benzene rings is 1. The Morgan fingerprint density at radius 3 is 2.41 bits per heavy atom. The zero-order valence-electron chi connectivity index (χ0n) is 15.8. The maximum absolute atomic E-state index is 11.3. The van der Waals surface area contributed by atoms with Gasteiger partial charge in [0, 0.05) is 6.54 Å². The van der Waals surface area contributed by atoms with Crippen molar-refractivity contribution in [3.05, 3.63) is 47.5 Å².